The maximum atomic E-state index is 11.2. The molecule has 1 N–H and O–H groups in total. The summed E-state index contributed by atoms with van der Waals surface area (Å²) >= 11 is 0. The molecular weight excluding hydrogens is 320 g/mol. The van der Waals surface area contributed by atoms with E-state index >= 15 is 0 Å². The van der Waals surface area contributed by atoms with Gasteiger partial charge in [0.05, 0.1) is 31.3 Å². The molecule has 2 aromatic carbocycles. The van der Waals surface area contributed by atoms with Crippen molar-refractivity contribution < 1.29 is 19.4 Å². The lowest BCUT2D eigenvalue weighted by Crippen LogP contribution is -2.02. The second-order valence-corrected chi connectivity index (χ2v) is 5.56. The SMILES string of the molecule is COC(=O)c1ccc2c(c1)CN=C2.O=C(O)c1ccc2c(c1)CN=C2. The van der Waals surface area contributed by atoms with Crippen LogP contribution >= 0.6 is 0 Å². The van der Waals surface area contributed by atoms with Gasteiger partial charge in [-0.1, -0.05) is 12.1 Å². The number of esters is 1. The second-order valence-electron chi connectivity index (χ2n) is 5.56. The van der Waals surface area contributed by atoms with Crippen LogP contribution in [0.15, 0.2) is 46.4 Å². The summed E-state index contributed by atoms with van der Waals surface area (Å²) < 4.78 is 4.62. The topological polar surface area (TPSA) is 88.3 Å². The molecule has 4 rings (SSSR count). The van der Waals surface area contributed by atoms with E-state index in [2.05, 4.69) is 14.7 Å². The minimum absolute atomic E-state index is 0.297. The molecular formula is C19H16N2O4. The van der Waals surface area contributed by atoms with Gasteiger partial charge in [0.2, 0.25) is 0 Å². The molecule has 0 spiro atoms. The highest BCUT2D eigenvalue weighted by molar-refractivity contribution is 5.92. The number of hydrogen-bond acceptors (Lipinski definition) is 5. The van der Waals surface area contributed by atoms with Crippen molar-refractivity contribution in [1.29, 1.82) is 0 Å². The third kappa shape index (κ3) is 3.63. The van der Waals surface area contributed by atoms with Crippen LogP contribution in [0.1, 0.15) is 43.0 Å². The molecule has 0 saturated heterocycles. The first-order valence-electron chi connectivity index (χ1n) is 7.65. The number of carbonyl (C=O) groups is 2. The van der Waals surface area contributed by atoms with Crippen LogP contribution in [0.5, 0.6) is 0 Å². The minimum Gasteiger partial charge on any atom is -0.478 e. The Morgan fingerprint density at radius 1 is 0.920 bits per heavy atom. The van der Waals surface area contributed by atoms with Crippen molar-refractivity contribution in [3.63, 3.8) is 0 Å². The number of benzene rings is 2. The molecule has 2 heterocycles. The molecule has 6 nitrogen and oxygen atoms in total. The van der Waals surface area contributed by atoms with Crippen molar-refractivity contribution >= 4 is 24.4 Å². The van der Waals surface area contributed by atoms with Gasteiger partial charge in [-0.3, -0.25) is 9.98 Å². The summed E-state index contributed by atoms with van der Waals surface area (Å²) in [4.78, 5) is 29.8. The minimum atomic E-state index is -0.885. The normalized spacial score (nSPS) is 12.8. The molecule has 0 radical (unpaired) electrons. The second kappa shape index (κ2) is 7.09. The van der Waals surface area contributed by atoms with Crippen LogP contribution in [0, 0.1) is 0 Å². The molecule has 0 saturated carbocycles. The molecule has 25 heavy (non-hydrogen) atoms. The number of methoxy groups -OCH3 is 1. The first kappa shape index (κ1) is 16.6. The molecule has 0 fully saturated rings. The lowest BCUT2D eigenvalue weighted by atomic mass is 10.1. The van der Waals surface area contributed by atoms with Crippen molar-refractivity contribution in [2.45, 2.75) is 13.1 Å². The Kier molecular flexibility index (Phi) is 4.70. The van der Waals surface area contributed by atoms with Crippen molar-refractivity contribution in [3.8, 4) is 0 Å². The number of nitrogens with zero attached hydrogens (tertiary/aromatic N) is 2. The monoisotopic (exact) mass is 336 g/mol. The van der Waals surface area contributed by atoms with Crippen LogP contribution in [0.2, 0.25) is 0 Å². The van der Waals surface area contributed by atoms with Crippen LogP contribution in [0.3, 0.4) is 0 Å². The lowest BCUT2D eigenvalue weighted by Gasteiger charge is -2.01. The molecule has 2 aromatic rings. The number of aromatic carboxylic acids is 1. The summed E-state index contributed by atoms with van der Waals surface area (Å²) in [6.07, 6.45) is 3.58. The average Bonchev–Trinajstić information content (AvgIpc) is 3.28. The van der Waals surface area contributed by atoms with Gasteiger partial charge >= 0.3 is 11.9 Å². The third-order valence-corrected chi connectivity index (χ3v) is 3.94. The summed E-state index contributed by atoms with van der Waals surface area (Å²) in [6.45, 7) is 1.27. The van der Waals surface area contributed by atoms with Gasteiger partial charge in [-0.2, -0.15) is 0 Å². The summed E-state index contributed by atoms with van der Waals surface area (Å²) in [5.41, 5.74) is 5.12. The van der Waals surface area contributed by atoms with E-state index in [-0.39, 0.29) is 5.97 Å². The smallest absolute Gasteiger partial charge is 0.337 e. The van der Waals surface area contributed by atoms with E-state index in [0.29, 0.717) is 24.2 Å². The van der Waals surface area contributed by atoms with Crippen molar-refractivity contribution in [2.75, 3.05) is 7.11 Å². The van der Waals surface area contributed by atoms with Gasteiger partial charge in [-0.15, -0.1) is 0 Å². The summed E-state index contributed by atoms with van der Waals surface area (Å²) in [5.74, 6) is -1.18. The molecule has 2 aliphatic heterocycles. The van der Waals surface area contributed by atoms with Crippen LogP contribution in [-0.4, -0.2) is 36.6 Å². The Labute approximate surface area is 144 Å². The number of carboxylic acids is 1. The van der Waals surface area contributed by atoms with E-state index in [1.54, 1.807) is 30.5 Å². The van der Waals surface area contributed by atoms with Gasteiger partial charge in [0.1, 0.15) is 0 Å². The standard InChI is InChI=1S/C10H9NO2.C9H7NO2/c1-13-10(12)7-2-3-8-5-11-6-9(8)4-7;11-9(12)6-1-2-7-4-10-5-8(7)3-6/h2-5H,6H2,1H3;1-4H,5H2,(H,11,12). The van der Waals surface area contributed by atoms with E-state index in [0.717, 1.165) is 22.3 Å². The molecule has 0 atom stereocenters. The predicted molar refractivity (Wildman–Crippen MR) is 93.8 cm³/mol. The Morgan fingerprint density at radius 2 is 1.44 bits per heavy atom. The number of ether oxygens (including phenoxy) is 1. The summed E-state index contributed by atoms with van der Waals surface area (Å²) in [6, 6.07) is 10.5. The summed E-state index contributed by atoms with van der Waals surface area (Å²) in [7, 11) is 1.38. The predicted octanol–water partition coefficient (Wildman–Crippen LogP) is 2.72. The van der Waals surface area contributed by atoms with E-state index in [1.807, 2.05) is 18.3 Å². The van der Waals surface area contributed by atoms with Crippen LogP contribution < -0.4 is 0 Å². The van der Waals surface area contributed by atoms with Gasteiger partial charge in [-0.25, -0.2) is 9.59 Å². The van der Waals surface area contributed by atoms with Gasteiger partial charge < -0.3 is 9.84 Å². The number of rotatable bonds is 2. The molecule has 126 valence electrons. The first-order valence-corrected chi connectivity index (χ1v) is 7.65. The maximum absolute atomic E-state index is 11.2. The Balaban J connectivity index is 0.000000146. The highest BCUT2D eigenvalue weighted by Crippen LogP contribution is 2.17. The van der Waals surface area contributed by atoms with Gasteiger partial charge in [-0.05, 0) is 46.5 Å². The average molecular weight is 336 g/mol. The first-order chi connectivity index (χ1) is 12.1. The van der Waals surface area contributed by atoms with Crippen molar-refractivity contribution in [1.82, 2.24) is 0 Å². The Hall–Kier alpha value is -3.28. The fourth-order valence-corrected chi connectivity index (χ4v) is 2.60. The van der Waals surface area contributed by atoms with Gasteiger partial charge in [0, 0.05) is 12.4 Å². The number of hydrogen-bond donors (Lipinski definition) is 1. The van der Waals surface area contributed by atoms with E-state index in [4.69, 9.17) is 5.11 Å². The van der Waals surface area contributed by atoms with Crippen LogP contribution in [-0.2, 0) is 17.8 Å². The van der Waals surface area contributed by atoms with E-state index < -0.39 is 5.97 Å². The van der Waals surface area contributed by atoms with Crippen molar-refractivity contribution in [2.24, 2.45) is 9.98 Å². The zero-order valence-electron chi connectivity index (χ0n) is 13.6. The molecule has 2 aliphatic rings. The van der Waals surface area contributed by atoms with E-state index in [1.165, 1.54) is 7.11 Å². The highest BCUT2D eigenvalue weighted by Gasteiger charge is 2.11. The fourth-order valence-electron chi connectivity index (χ4n) is 2.60. The number of fused-ring (bicyclic) bond motifs is 2. The quantitative estimate of drug-likeness (QED) is 0.854. The molecule has 0 amide bonds. The lowest BCUT2D eigenvalue weighted by molar-refractivity contribution is 0.0599. The summed E-state index contributed by atoms with van der Waals surface area (Å²) in [5, 5.41) is 8.68. The maximum Gasteiger partial charge on any atom is 0.337 e. The largest absolute Gasteiger partial charge is 0.478 e. The number of aliphatic imine (C=N–C) groups is 2. The van der Waals surface area contributed by atoms with Crippen LogP contribution in [0.4, 0.5) is 0 Å². The molecule has 0 bridgehead atoms. The molecule has 6 heteroatoms. The van der Waals surface area contributed by atoms with Crippen LogP contribution in [0.25, 0.3) is 0 Å². The Morgan fingerprint density at radius 3 is 1.96 bits per heavy atom. The van der Waals surface area contributed by atoms with E-state index in [9.17, 15) is 9.59 Å². The number of carbonyl (C=O) groups excluding carboxylic acids is 1. The molecule has 0 aromatic heterocycles. The van der Waals surface area contributed by atoms with Crippen molar-refractivity contribution in [3.05, 3.63) is 69.8 Å². The number of carboxylic acid groups (broad SMARTS) is 1. The zero-order chi connectivity index (χ0) is 17.8. The van der Waals surface area contributed by atoms with Gasteiger partial charge in [0.15, 0.2) is 0 Å². The molecule has 0 unspecified atom stereocenters. The third-order valence-electron chi connectivity index (χ3n) is 3.94. The Bertz CT molecular complexity index is 900. The zero-order valence-corrected chi connectivity index (χ0v) is 13.6. The van der Waals surface area contributed by atoms with Gasteiger partial charge in [0.25, 0.3) is 0 Å². The highest BCUT2D eigenvalue weighted by atomic mass is 16.5. The fraction of sp³-hybridized carbons (Fsp3) is 0.158. The molecule has 0 aliphatic carbocycles.